The van der Waals surface area contributed by atoms with Gasteiger partial charge in [0.25, 0.3) is 5.91 Å². The Morgan fingerprint density at radius 3 is 2.45 bits per heavy atom. The minimum atomic E-state index is -1.02. The van der Waals surface area contributed by atoms with Crippen LogP contribution >= 0.6 is 11.6 Å². The van der Waals surface area contributed by atoms with Crippen LogP contribution < -0.4 is 20.1 Å². The van der Waals surface area contributed by atoms with Crippen LogP contribution in [0.3, 0.4) is 0 Å². The van der Waals surface area contributed by atoms with E-state index >= 15 is 0 Å². The third-order valence-corrected chi connectivity index (χ3v) is 7.51. The van der Waals surface area contributed by atoms with Crippen LogP contribution in [0.15, 0.2) is 78.9 Å². The van der Waals surface area contributed by atoms with Crippen molar-refractivity contribution < 1.29 is 28.7 Å². The Labute approximate surface area is 262 Å². The van der Waals surface area contributed by atoms with Crippen LogP contribution in [0.5, 0.6) is 11.5 Å². The summed E-state index contributed by atoms with van der Waals surface area (Å²) in [6, 6.07) is 21.2. The van der Waals surface area contributed by atoms with Crippen LogP contribution in [0.4, 0.5) is 0 Å². The zero-order valence-electron chi connectivity index (χ0n) is 24.8. The van der Waals surface area contributed by atoms with Crippen molar-refractivity contribution in [3.05, 3.63) is 95.0 Å². The van der Waals surface area contributed by atoms with Gasteiger partial charge in [-0.15, -0.1) is 0 Å². The number of ether oxygens (including phenoxy) is 2. The number of rotatable bonds is 7. The Morgan fingerprint density at radius 1 is 1.00 bits per heavy atom. The van der Waals surface area contributed by atoms with Gasteiger partial charge in [-0.05, 0) is 48.4 Å². The molecule has 0 aliphatic carbocycles. The molecule has 0 aromatic heterocycles. The maximum absolute atomic E-state index is 13.6. The Hall–Kier alpha value is -4.57. The van der Waals surface area contributed by atoms with E-state index in [-0.39, 0.29) is 56.5 Å². The predicted octanol–water partition coefficient (Wildman–Crippen LogP) is 3.33. The molecule has 1 aliphatic rings. The van der Waals surface area contributed by atoms with Gasteiger partial charge in [0, 0.05) is 32.0 Å². The van der Waals surface area contributed by atoms with E-state index in [2.05, 4.69) is 10.6 Å². The van der Waals surface area contributed by atoms with E-state index in [1.54, 1.807) is 62.6 Å². The highest BCUT2D eigenvalue weighted by Crippen LogP contribution is 2.19. The van der Waals surface area contributed by atoms with E-state index < -0.39 is 23.9 Å². The average molecular weight is 621 g/mol. The lowest BCUT2D eigenvalue weighted by Crippen LogP contribution is -2.50. The normalized spacial score (nSPS) is 18.1. The molecule has 0 fully saturated rings. The molecule has 0 radical (unpaired) electrons. The highest BCUT2D eigenvalue weighted by atomic mass is 35.5. The average Bonchev–Trinajstić information content (AvgIpc) is 3.03. The third kappa shape index (κ3) is 9.21. The van der Waals surface area contributed by atoms with E-state index in [1.807, 2.05) is 30.3 Å². The largest absolute Gasteiger partial charge is 0.492 e. The fourth-order valence-corrected chi connectivity index (χ4v) is 4.87. The molecular formula is C33H37ClN4O6. The molecule has 2 N–H and O–H groups in total. The predicted molar refractivity (Wildman–Crippen MR) is 167 cm³/mol. The third-order valence-electron chi connectivity index (χ3n) is 7.26. The Morgan fingerprint density at radius 2 is 1.70 bits per heavy atom. The maximum atomic E-state index is 13.6. The summed E-state index contributed by atoms with van der Waals surface area (Å²) < 4.78 is 11.6. The van der Waals surface area contributed by atoms with E-state index in [0.29, 0.717) is 22.9 Å². The van der Waals surface area contributed by atoms with Crippen LogP contribution in [0, 0.1) is 0 Å². The van der Waals surface area contributed by atoms with Gasteiger partial charge in [0.1, 0.15) is 36.8 Å². The van der Waals surface area contributed by atoms with Crippen molar-refractivity contribution in [1.82, 2.24) is 20.4 Å². The lowest BCUT2D eigenvalue weighted by atomic mass is 10.0. The summed E-state index contributed by atoms with van der Waals surface area (Å²) in [6.45, 7) is 0.801. The topological polar surface area (TPSA) is 117 Å². The second-order valence-corrected chi connectivity index (χ2v) is 11.0. The van der Waals surface area contributed by atoms with Crippen molar-refractivity contribution in [1.29, 1.82) is 0 Å². The summed E-state index contributed by atoms with van der Waals surface area (Å²) in [5.74, 6) is -0.629. The first kappa shape index (κ1) is 32.3. The molecule has 0 spiro atoms. The molecular weight excluding hydrogens is 584 g/mol. The summed E-state index contributed by atoms with van der Waals surface area (Å²) in [5, 5.41) is 6.24. The van der Waals surface area contributed by atoms with Gasteiger partial charge in [-0.25, -0.2) is 0 Å². The van der Waals surface area contributed by atoms with Gasteiger partial charge in [0.15, 0.2) is 0 Å². The Kier molecular flexibility index (Phi) is 11.6. The van der Waals surface area contributed by atoms with Crippen molar-refractivity contribution in [2.24, 2.45) is 0 Å². The maximum Gasteiger partial charge on any atom is 0.255 e. The molecule has 0 bridgehead atoms. The summed E-state index contributed by atoms with van der Waals surface area (Å²) in [5.41, 5.74) is 1.14. The van der Waals surface area contributed by atoms with Gasteiger partial charge >= 0.3 is 0 Å². The van der Waals surface area contributed by atoms with Crippen LogP contribution in [-0.4, -0.2) is 85.9 Å². The number of likely N-dealkylation sites (N-methyl/N-ethyl adjacent to an activating group) is 2. The number of nitrogens with one attached hydrogen (secondary N) is 2. The number of fused-ring (bicyclic) bond motifs is 1. The summed E-state index contributed by atoms with van der Waals surface area (Å²) >= 11 is 5.93. The summed E-state index contributed by atoms with van der Waals surface area (Å²) in [7, 11) is 3.25. The zero-order chi connectivity index (χ0) is 31.5. The fourth-order valence-electron chi connectivity index (χ4n) is 4.74. The quantitative estimate of drug-likeness (QED) is 0.419. The monoisotopic (exact) mass is 620 g/mol. The molecule has 0 saturated heterocycles. The number of halogens is 1. The van der Waals surface area contributed by atoms with Gasteiger partial charge in [-0.1, -0.05) is 54.1 Å². The summed E-state index contributed by atoms with van der Waals surface area (Å²) in [6.07, 6.45) is 0.227. The molecule has 0 unspecified atom stereocenters. The van der Waals surface area contributed by atoms with Crippen LogP contribution in [0.1, 0.15) is 28.8 Å². The number of hydrogen-bond acceptors (Lipinski definition) is 6. The molecule has 10 nitrogen and oxygen atoms in total. The van der Waals surface area contributed by atoms with E-state index in [4.69, 9.17) is 21.1 Å². The molecule has 2 atom stereocenters. The van der Waals surface area contributed by atoms with Crippen LogP contribution in [-0.2, 0) is 20.8 Å². The number of hydrogen-bond donors (Lipinski definition) is 2. The zero-order valence-corrected chi connectivity index (χ0v) is 25.6. The molecule has 3 aromatic rings. The molecule has 3 aromatic carbocycles. The second kappa shape index (κ2) is 15.8. The molecule has 44 heavy (non-hydrogen) atoms. The Bertz CT molecular complexity index is 1440. The minimum Gasteiger partial charge on any atom is -0.492 e. The van der Waals surface area contributed by atoms with E-state index in [1.165, 1.54) is 9.80 Å². The van der Waals surface area contributed by atoms with Gasteiger partial charge in [-0.3, -0.25) is 19.2 Å². The number of benzene rings is 3. The van der Waals surface area contributed by atoms with Crippen LogP contribution in [0.25, 0.3) is 0 Å². The fraction of sp³-hybridized carbons (Fsp3) is 0.333. The Balaban J connectivity index is 1.52. The van der Waals surface area contributed by atoms with Crippen molar-refractivity contribution in [2.75, 3.05) is 40.4 Å². The lowest BCUT2D eigenvalue weighted by Gasteiger charge is -2.26. The van der Waals surface area contributed by atoms with Crippen molar-refractivity contribution >= 4 is 35.2 Å². The first-order valence-corrected chi connectivity index (χ1v) is 14.8. The lowest BCUT2D eigenvalue weighted by molar-refractivity contribution is -0.136. The first-order valence-electron chi connectivity index (χ1n) is 14.5. The SMILES string of the molecule is CN(CCOc1ccc(Cl)cc1)C(=O)[C@@H]1CCC(=O)N[C@H](Cc2ccccc2)C(=O)N(C)CCOc2ccccc2C(=O)N1. The molecule has 4 amide bonds. The van der Waals surface area contributed by atoms with Gasteiger partial charge < -0.3 is 29.9 Å². The highest BCUT2D eigenvalue weighted by molar-refractivity contribution is 6.30. The molecule has 232 valence electrons. The number of para-hydroxylation sites is 1. The molecule has 0 saturated carbocycles. The molecule has 1 aliphatic heterocycles. The van der Waals surface area contributed by atoms with Crippen molar-refractivity contribution in [3.8, 4) is 11.5 Å². The van der Waals surface area contributed by atoms with Crippen LogP contribution in [0.2, 0.25) is 5.02 Å². The summed E-state index contributed by atoms with van der Waals surface area (Å²) in [4.78, 5) is 56.5. The molecule has 1 heterocycles. The van der Waals surface area contributed by atoms with Gasteiger partial charge in [-0.2, -0.15) is 0 Å². The van der Waals surface area contributed by atoms with Gasteiger partial charge in [0.2, 0.25) is 17.7 Å². The molecule has 4 rings (SSSR count). The first-order chi connectivity index (χ1) is 21.2. The molecule has 11 heteroatoms. The van der Waals surface area contributed by atoms with E-state index in [0.717, 1.165) is 5.56 Å². The van der Waals surface area contributed by atoms with E-state index in [9.17, 15) is 19.2 Å². The number of carbonyl (C=O) groups is 4. The van der Waals surface area contributed by atoms with Gasteiger partial charge in [0.05, 0.1) is 18.7 Å². The highest BCUT2D eigenvalue weighted by Gasteiger charge is 2.29. The minimum absolute atomic E-state index is 0.0178. The number of amides is 4. The van der Waals surface area contributed by atoms with Crippen molar-refractivity contribution in [2.45, 2.75) is 31.3 Å². The van der Waals surface area contributed by atoms with Crippen molar-refractivity contribution in [3.63, 3.8) is 0 Å². The number of carbonyl (C=O) groups excluding carboxylic acids is 4. The standard InChI is InChI=1S/C33H37ClN4O6/c1-37(18-20-43-25-14-12-24(34)13-15-25)32(41)27-16-17-30(39)35-28(22-23-8-4-3-5-9-23)33(42)38(2)19-21-44-29-11-7-6-10-26(29)31(40)36-27/h3-15,27-28H,16-22H2,1-2H3,(H,35,39)(H,36,40)/t27-,28+/m0/s1. The number of nitrogens with zero attached hydrogens (tertiary/aromatic N) is 2. The smallest absolute Gasteiger partial charge is 0.255 e. The second-order valence-electron chi connectivity index (χ2n) is 10.5.